The van der Waals surface area contributed by atoms with Crippen LogP contribution in [0.5, 0.6) is 0 Å². The van der Waals surface area contributed by atoms with E-state index in [9.17, 15) is 14.4 Å². The van der Waals surface area contributed by atoms with Gasteiger partial charge in [-0.2, -0.15) is 0 Å². The highest BCUT2D eigenvalue weighted by molar-refractivity contribution is 5.83. The van der Waals surface area contributed by atoms with Crippen molar-refractivity contribution in [1.29, 1.82) is 0 Å². The lowest BCUT2D eigenvalue weighted by Gasteiger charge is -2.15. The summed E-state index contributed by atoms with van der Waals surface area (Å²) in [7, 11) is 0. The SMILES string of the molecule is CCC=C[C@H](CC)CC(=O)N[C@@H](CCC=O)C(=O)O. The van der Waals surface area contributed by atoms with Gasteiger partial charge in [-0.1, -0.05) is 26.0 Å². The van der Waals surface area contributed by atoms with E-state index in [2.05, 4.69) is 5.32 Å². The highest BCUT2D eigenvalue weighted by atomic mass is 16.4. The van der Waals surface area contributed by atoms with Crippen LogP contribution in [0.2, 0.25) is 0 Å². The number of carboxylic acid groups (broad SMARTS) is 1. The fraction of sp³-hybridized carbons (Fsp3) is 0.643. The van der Waals surface area contributed by atoms with Gasteiger partial charge in [-0.15, -0.1) is 0 Å². The first kappa shape index (κ1) is 17.4. The molecule has 0 aliphatic heterocycles. The summed E-state index contributed by atoms with van der Waals surface area (Å²) in [6, 6.07) is -0.981. The quantitative estimate of drug-likeness (QED) is 0.469. The van der Waals surface area contributed by atoms with Crippen molar-refractivity contribution in [3.63, 3.8) is 0 Å². The van der Waals surface area contributed by atoms with E-state index >= 15 is 0 Å². The molecular weight excluding hydrogens is 246 g/mol. The first-order valence-corrected chi connectivity index (χ1v) is 6.67. The van der Waals surface area contributed by atoms with Gasteiger partial charge in [-0.3, -0.25) is 4.79 Å². The molecule has 0 aromatic rings. The zero-order valence-electron chi connectivity index (χ0n) is 11.6. The van der Waals surface area contributed by atoms with Crippen LogP contribution in [0, 0.1) is 5.92 Å². The number of nitrogens with one attached hydrogen (secondary N) is 1. The van der Waals surface area contributed by atoms with Crippen LogP contribution in [-0.4, -0.2) is 29.3 Å². The predicted octanol–water partition coefficient (Wildman–Crippen LogP) is 1.92. The van der Waals surface area contributed by atoms with Crippen LogP contribution >= 0.6 is 0 Å². The molecule has 0 aromatic carbocycles. The van der Waals surface area contributed by atoms with E-state index in [1.54, 1.807) is 0 Å². The average molecular weight is 269 g/mol. The molecule has 0 saturated carbocycles. The lowest BCUT2D eigenvalue weighted by molar-refractivity contribution is -0.142. The number of aldehydes is 1. The van der Waals surface area contributed by atoms with Gasteiger partial charge >= 0.3 is 5.97 Å². The minimum Gasteiger partial charge on any atom is -0.480 e. The molecule has 2 atom stereocenters. The van der Waals surface area contributed by atoms with Crippen LogP contribution in [0.25, 0.3) is 0 Å². The minimum absolute atomic E-state index is 0.125. The molecule has 5 nitrogen and oxygen atoms in total. The predicted molar refractivity (Wildman–Crippen MR) is 72.7 cm³/mol. The highest BCUT2D eigenvalue weighted by Crippen LogP contribution is 2.11. The van der Waals surface area contributed by atoms with Crippen molar-refractivity contribution in [2.24, 2.45) is 5.92 Å². The second-order valence-electron chi connectivity index (χ2n) is 4.41. The number of carbonyl (C=O) groups excluding carboxylic acids is 2. The van der Waals surface area contributed by atoms with Crippen LogP contribution in [0.3, 0.4) is 0 Å². The van der Waals surface area contributed by atoms with E-state index in [-0.39, 0.29) is 31.1 Å². The maximum atomic E-state index is 11.8. The molecule has 0 bridgehead atoms. The summed E-state index contributed by atoms with van der Waals surface area (Å²) in [5, 5.41) is 11.4. The number of rotatable bonds is 10. The number of carbonyl (C=O) groups is 3. The minimum atomic E-state index is -1.10. The summed E-state index contributed by atoms with van der Waals surface area (Å²) in [6.07, 6.45) is 6.92. The molecule has 0 fully saturated rings. The zero-order chi connectivity index (χ0) is 14.7. The number of carboxylic acids is 1. The number of hydrogen-bond donors (Lipinski definition) is 2. The Balaban J connectivity index is 4.34. The first-order chi connectivity index (χ1) is 9.04. The standard InChI is InChI=1S/C14H23NO4/c1-3-5-7-11(4-2)10-13(17)15-12(14(18)19)8-6-9-16/h5,7,9,11-12H,3-4,6,8,10H2,1-2H3,(H,15,17)(H,18,19)/t11-,12-/m0/s1. The summed E-state index contributed by atoms with van der Waals surface area (Å²) in [5.74, 6) is -1.27. The third kappa shape index (κ3) is 8.13. The summed E-state index contributed by atoms with van der Waals surface area (Å²) >= 11 is 0. The summed E-state index contributed by atoms with van der Waals surface area (Å²) in [5.41, 5.74) is 0. The average Bonchev–Trinajstić information content (AvgIpc) is 2.38. The Kier molecular flexibility index (Phi) is 9.40. The van der Waals surface area contributed by atoms with Gasteiger partial charge in [0, 0.05) is 12.8 Å². The number of amides is 1. The van der Waals surface area contributed by atoms with E-state index < -0.39 is 12.0 Å². The van der Waals surface area contributed by atoms with Gasteiger partial charge in [0.15, 0.2) is 0 Å². The van der Waals surface area contributed by atoms with Gasteiger partial charge < -0.3 is 15.2 Å². The van der Waals surface area contributed by atoms with Crippen LogP contribution in [0.15, 0.2) is 12.2 Å². The molecule has 0 spiro atoms. The smallest absolute Gasteiger partial charge is 0.326 e. The maximum absolute atomic E-state index is 11.8. The number of aliphatic carboxylic acids is 1. The Bertz CT molecular complexity index is 325. The Morgan fingerprint density at radius 1 is 1.32 bits per heavy atom. The molecule has 1 amide bonds. The third-order valence-electron chi connectivity index (χ3n) is 2.82. The van der Waals surface area contributed by atoms with Gasteiger partial charge in [-0.25, -0.2) is 4.79 Å². The molecular formula is C14H23NO4. The third-order valence-corrected chi connectivity index (χ3v) is 2.82. The van der Waals surface area contributed by atoms with Crippen LogP contribution in [-0.2, 0) is 14.4 Å². The van der Waals surface area contributed by atoms with Crippen molar-refractivity contribution in [2.45, 2.75) is 52.0 Å². The van der Waals surface area contributed by atoms with Gasteiger partial charge in [0.25, 0.3) is 0 Å². The molecule has 0 saturated heterocycles. The first-order valence-electron chi connectivity index (χ1n) is 6.67. The van der Waals surface area contributed by atoms with E-state index in [4.69, 9.17) is 5.11 Å². The molecule has 0 radical (unpaired) electrons. The van der Waals surface area contributed by atoms with Crippen molar-refractivity contribution < 1.29 is 19.5 Å². The van der Waals surface area contributed by atoms with Crippen molar-refractivity contribution in [3.05, 3.63) is 12.2 Å². The Morgan fingerprint density at radius 2 is 2.00 bits per heavy atom. The fourth-order valence-corrected chi connectivity index (χ4v) is 1.66. The van der Waals surface area contributed by atoms with Gasteiger partial charge in [0.05, 0.1) is 0 Å². The zero-order valence-corrected chi connectivity index (χ0v) is 11.6. The summed E-state index contributed by atoms with van der Waals surface area (Å²) < 4.78 is 0. The normalized spacial score (nSPS) is 14.0. The maximum Gasteiger partial charge on any atom is 0.326 e. The lowest BCUT2D eigenvalue weighted by Crippen LogP contribution is -2.41. The van der Waals surface area contributed by atoms with Gasteiger partial charge in [0.1, 0.15) is 12.3 Å². The molecule has 0 aliphatic rings. The van der Waals surface area contributed by atoms with Gasteiger partial charge in [-0.05, 0) is 25.2 Å². The molecule has 2 N–H and O–H groups in total. The summed E-state index contributed by atoms with van der Waals surface area (Å²) in [6.45, 7) is 4.00. The number of allylic oxidation sites excluding steroid dienone is 2. The van der Waals surface area contributed by atoms with Crippen LogP contribution < -0.4 is 5.32 Å². The Labute approximate surface area is 114 Å². The van der Waals surface area contributed by atoms with E-state index in [0.29, 0.717) is 6.29 Å². The van der Waals surface area contributed by atoms with Crippen molar-refractivity contribution >= 4 is 18.2 Å². The largest absolute Gasteiger partial charge is 0.480 e. The van der Waals surface area contributed by atoms with E-state index in [1.165, 1.54) is 0 Å². The Morgan fingerprint density at radius 3 is 2.47 bits per heavy atom. The number of hydrogen-bond acceptors (Lipinski definition) is 3. The molecule has 5 heteroatoms. The highest BCUT2D eigenvalue weighted by Gasteiger charge is 2.20. The molecule has 0 aliphatic carbocycles. The fourth-order valence-electron chi connectivity index (χ4n) is 1.66. The molecule has 0 unspecified atom stereocenters. The topological polar surface area (TPSA) is 83.5 Å². The molecule has 19 heavy (non-hydrogen) atoms. The van der Waals surface area contributed by atoms with Crippen molar-refractivity contribution in [1.82, 2.24) is 5.32 Å². The molecule has 0 aromatic heterocycles. The second kappa shape index (κ2) is 10.3. The Hall–Kier alpha value is -1.65. The van der Waals surface area contributed by atoms with Crippen LogP contribution in [0.4, 0.5) is 0 Å². The molecule has 108 valence electrons. The summed E-state index contributed by atoms with van der Waals surface area (Å²) in [4.78, 5) is 32.9. The molecule has 0 heterocycles. The van der Waals surface area contributed by atoms with E-state index in [0.717, 1.165) is 12.8 Å². The monoisotopic (exact) mass is 269 g/mol. The van der Waals surface area contributed by atoms with Crippen LogP contribution in [0.1, 0.15) is 46.0 Å². The van der Waals surface area contributed by atoms with E-state index in [1.807, 2.05) is 26.0 Å². The van der Waals surface area contributed by atoms with Gasteiger partial charge in [0.2, 0.25) is 5.91 Å². The second-order valence-corrected chi connectivity index (χ2v) is 4.41. The van der Waals surface area contributed by atoms with Crippen molar-refractivity contribution in [3.8, 4) is 0 Å². The van der Waals surface area contributed by atoms with Crippen molar-refractivity contribution in [2.75, 3.05) is 0 Å². The molecule has 0 rings (SSSR count). The lowest BCUT2D eigenvalue weighted by atomic mass is 10.0.